The van der Waals surface area contributed by atoms with Gasteiger partial charge in [0, 0.05) is 33.0 Å². The van der Waals surface area contributed by atoms with Crippen LogP contribution >= 0.6 is 0 Å². The number of nitrogens with two attached hydrogens (primary N) is 1. The van der Waals surface area contributed by atoms with Gasteiger partial charge in [-0.3, -0.25) is 4.99 Å². The third-order valence-electron chi connectivity index (χ3n) is 1.69. The summed E-state index contributed by atoms with van der Waals surface area (Å²) in [4.78, 5) is 6.02. The summed E-state index contributed by atoms with van der Waals surface area (Å²) in [5.74, 6) is 0. The zero-order valence-corrected chi connectivity index (χ0v) is 10.6. The summed E-state index contributed by atoms with van der Waals surface area (Å²) in [6.07, 6.45) is 1.85. The van der Waals surface area contributed by atoms with Crippen molar-refractivity contribution < 1.29 is 0 Å². The molecule has 1 aromatic carbocycles. The molecular formula is C13H21N3. The molecule has 0 unspecified atom stereocenters. The first-order valence-corrected chi connectivity index (χ1v) is 5.08. The summed E-state index contributed by atoms with van der Waals surface area (Å²) >= 11 is 0. The highest BCUT2D eigenvalue weighted by atomic mass is 15.1. The van der Waals surface area contributed by atoms with Crippen molar-refractivity contribution in [1.29, 1.82) is 0 Å². The molecule has 0 saturated carbocycles. The van der Waals surface area contributed by atoms with Gasteiger partial charge >= 0.3 is 0 Å². The Balaban J connectivity index is 0.000000487. The Labute approximate surface area is 98.3 Å². The standard InChI is InChI=1S/C10H14N2.C3H7N/c1-11-8-9-4-6-10(7-5-9)12(2)3;1-3(2)4/h4-8H,1-3H3;1,4H2,2H3. The van der Waals surface area contributed by atoms with Gasteiger partial charge in [-0.2, -0.15) is 0 Å². The van der Waals surface area contributed by atoms with E-state index < -0.39 is 0 Å². The molecule has 0 heterocycles. The molecule has 0 radical (unpaired) electrons. The minimum absolute atomic E-state index is 0.667. The first-order valence-electron chi connectivity index (χ1n) is 5.08. The molecule has 2 N–H and O–H groups in total. The molecule has 0 spiro atoms. The van der Waals surface area contributed by atoms with Crippen LogP contribution in [0.2, 0.25) is 0 Å². The summed E-state index contributed by atoms with van der Waals surface area (Å²) in [6.45, 7) is 5.08. The van der Waals surface area contributed by atoms with Crippen molar-refractivity contribution in [3.63, 3.8) is 0 Å². The molecule has 0 bridgehead atoms. The summed E-state index contributed by atoms with van der Waals surface area (Å²) < 4.78 is 0. The van der Waals surface area contributed by atoms with Crippen LogP contribution < -0.4 is 10.6 Å². The van der Waals surface area contributed by atoms with Crippen LogP contribution in [0.4, 0.5) is 5.69 Å². The molecule has 1 rings (SSSR count). The third kappa shape index (κ3) is 6.65. The van der Waals surface area contributed by atoms with E-state index in [0.717, 1.165) is 5.56 Å². The minimum Gasteiger partial charge on any atom is -0.403 e. The predicted octanol–water partition coefficient (Wildman–Crippen LogP) is 2.28. The molecule has 0 saturated heterocycles. The molecule has 3 nitrogen and oxygen atoms in total. The second kappa shape index (κ2) is 7.51. The molecular weight excluding hydrogens is 198 g/mol. The van der Waals surface area contributed by atoms with Crippen molar-refractivity contribution in [2.24, 2.45) is 10.7 Å². The minimum atomic E-state index is 0.667. The fourth-order valence-corrected chi connectivity index (χ4v) is 1.01. The highest BCUT2D eigenvalue weighted by molar-refractivity contribution is 5.80. The third-order valence-corrected chi connectivity index (χ3v) is 1.69. The molecule has 0 amide bonds. The maximum absolute atomic E-state index is 4.92. The van der Waals surface area contributed by atoms with Crippen molar-refractivity contribution in [2.75, 3.05) is 26.0 Å². The van der Waals surface area contributed by atoms with Crippen molar-refractivity contribution in [3.8, 4) is 0 Å². The maximum atomic E-state index is 4.92. The van der Waals surface area contributed by atoms with Crippen LogP contribution in [0, 0.1) is 0 Å². The van der Waals surface area contributed by atoms with Crippen molar-refractivity contribution >= 4 is 11.9 Å². The molecule has 1 aromatic rings. The van der Waals surface area contributed by atoms with Gasteiger partial charge in [0.25, 0.3) is 0 Å². The second-order valence-corrected chi connectivity index (χ2v) is 3.72. The van der Waals surface area contributed by atoms with Crippen LogP contribution in [0.25, 0.3) is 0 Å². The average molecular weight is 219 g/mol. The Kier molecular flexibility index (Phi) is 6.68. The fraction of sp³-hybridized carbons (Fsp3) is 0.308. The van der Waals surface area contributed by atoms with Gasteiger partial charge in [0.05, 0.1) is 0 Å². The van der Waals surface area contributed by atoms with E-state index in [1.54, 1.807) is 14.0 Å². The van der Waals surface area contributed by atoms with Gasteiger partial charge < -0.3 is 10.6 Å². The van der Waals surface area contributed by atoms with E-state index in [9.17, 15) is 0 Å². The molecule has 88 valence electrons. The quantitative estimate of drug-likeness (QED) is 0.775. The van der Waals surface area contributed by atoms with Crippen molar-refractivity contribution in [1.82, 2.24) is 0 Å². The Hall–Kier alpha value is -1.77. The Morgan fingerprint density at radius 3 is 2.06 bits per heavy atom. The number of anilines is 1. The Bertz CT molecular complexity index is 333. The van der Waals surface area contributed by atoms with E-state index in [0.29, 0.717) is 5.70 Å². The number of hydrogen-bond donors (Lipinski definition) is 1. The van der Waals surface area contributed by atoms with Gasteiger partial charge in [0.2, 0.25) is 0 Å². The van der Waals surface area contributed by atoms with Gasteiger partial charge in [-0.25, -0.2) is 0 Å². The maximum Gasteiger partial charge on any atom is 0.0361 e. The van der Waals surface area contributed by atoms with Crippen LogP contribution in [0.15, 0.2) is 41.5 Å². The van der Waals surface area contributed by atoms with E-state index >= 15 is 0 Å². The summed E-state index contributed by atoms with van der Waals surface area (Å²) in [6, 6.07) is 8.28. The zero-order chi connectivity index (χ0) is 12.6. The lowest BCUT2D eigenvalue weighted by molar-refractivity contribution is 1.13. The molecule has 0 aromatic heterocycles. The van der Waals surface area contributed by atoms with Gasteiger partial charge in [-0.15, -0.1) is 0 Å². The lowest BCUT2D eigenvalue weighted by Crippen LogP contribution is -2.08. The van der Waals surface area contributed by atoms with Gasteiger partial charge in [0.15, 0.2) is 0 Å². The zero-order valence-electron chi connectivity index (χ0n) is 10.6. The summed E-state index contributed by atoms with van der Waals surface area (Å²) in [5.41, 5.74) is 7.94. The normalized spacial score (nSPS) is 9.50. The van der Waals surface area contributed by atoms with E-state index in [4.69, 9.17) is 5.73 Å². The number of nitrogens with zero attached hydrogens (tertiary/aromatic N) is 2. The van der Waals surface area contributed by atoms with E-state index in [-0.39, 0.29) is 0 Å². The van der Waals surface area contributed by atoms with Gasteiger partial charge in [-0.05, 0) is 30.3 Å². The van der Waals surface area contributed by atoms with Crippen LogP contribution in [0.3, 0.4) is 0 Å². The van der Waals surface area contributed by atoms with Gasteiger partial charge in [-0.1, -0.05) is 18.7 Å². The van der Waals surface area contributed by atoms with Crippen LogP contribution in [0.1, 0.15) is 12.5 Å². The van der Waals surface area contributed by atoms with Crippen molar-refractivity contribution in [2.45, 2.75) is 6.92 Å². The van der Waals surface area contributed by atoms with E-state index in [1.165, 1.54) is 5.69 Å². The summed E-state index contributed by atoms with van der Waals surface area (Å²) in [7, 11) is 5.84. The first kappa shape index (κ1) is 14.2. The van der Waals surface area contributed by atoms with E-state index in [1.807, 2.05) is 20.3 Å². The molecule has 0 aliphatic rings. The number of benzene rings is 1. The van der Waals surface area contributed by atoms with Crippen molar-refractivity contribution in [3.05, 3.63) is 42.1 Å². The topological polar surface area (TPSA) is 41.6 Å². The molecule has 0 aliphatic carbocycles. The average Bonchev–Trinajstić information content (AvgIpc) is 2.18. The Morgan fingerprint density at radius 1 is 1.31 bits per heavy atom. The van der Waals surface area contributed by atoms with E-state index in [2.05, 4.69) is 40.7 Å². The number of allylic oxidation sites excluding steroid dienone is 1. The smallest absolute Gasteiger partial charge is 0.0361 e. The highest BCUT2D eigenvalue weighted by Crippen LogP contribution is 2.10. The van der Waals surface area contributed by atoms with Gasteiger partial charge in [0.1, 0.15) is 0 Å². The number of rotatable bonds is 2. The molecule has 0 aliphatic heterocycles. The van der Waals surface area contributed by atoms with Crippen LogP contribution in [-0.2, 0) is 0 Å². The highest BCUT2D eigenvalue weighted by Gasteiger charge is 1.92. The fourth-order valence-electron chi connectivity index (χ4n) is 1.01. The monoisotopic (exact) mass is 219 g/mol. The largest absolute Gasteiger partial charge is 0.403 e. The molecule has 3 heteroatoms. The van der Waals surface area contributed by atoms with Crippen LogP contribution in [-0.4, -0.2) is 27.4 Å². The molecule has 0 fully saturated rings. The number of hydrogen-bond acceptors (Lipinski definition) is 3. The Morgan fingerprint density at radius 2 is 1.75 bits per heavy atom. The lowest BCUT2D eigenvalue weighted by Gasteiger charge is -2.11. The first-order chi connectivity index (χ1) is 7.47. The molecule has 16 heavy (non-hydrogen) atoms. The lowest BCUT2D eigenvalue weighted by atomic mass is 10.2. The second-order valence-electron chi connectivity index (χ2n) is 3.72. The van der Waals surface area contributed by atoms with Crippen LogP contribution in [0.5, 0.6) is 0 Å². The SMILES string of the molecule is C=C(C)N.CN=Cc1ccc(N(C)C)cc1. The predicted molar refractivity (Wildman–Crippen MR) is 73.3 cm³/mol. The summed E-state index contributed by atoms with van der Waals surface area (Å²) in [5, 5.41) is 0. The molecule has 0 atom stereocenters. The number of aliphatic imine (C=N–C) groups is 1.